The standard InChI is InChI=1S/C11H10BrNO2S/c12-9-1-3-10(4-2-9)14-7-8-16-11-13-5-6-15-11/h1-6H,7-8H2. The number of nitrogens with zero attached hydrogens (tertiary/aromatic N) is 1. The number of benzene rings is 1. The maximum atomic E-state index is 5.55. The number of ether oxygens (including phenoxy) is 1. The van der Waals surface area contributed by atoms with E-state index in [-0.39, 0.29) is 0 Å². The first-order chi connectivity index (χ1) is 7.84. The molecule has 2 aromatic rings. The van der Waals surface area contributed by atoms with Gasteiger partial charge in [-0.1, -0.05) is 27.7 Å². The first-order valence-electron chi connectivity index (χ1n) is 4.75. The van der Waals surface area contributed by atoms with Crippen molar-refractivity contribution in [3.8, 4) is 5.75 Å². The third-order valence-corrected chi connectivity index (χ3v) is 3.15. The summed E-state index contributed by atoms with van der Waals surface area (Å²) in [5.74, 6) is 1.69. The Morgan fingerprint density at radius 2 is 2.12 bits per heavy atom. The fraction of sp³-hybridized carbons (Fsp3) is 0.182. The number of hydrogen-bond donors (Lipinski definition) is 0. The van der Waals surface area contributed by atoms with Gasteiger partial charge in [-0.2, -0.15) is 0 Å². The Morgan fingerprint density at radius 1 is 1.31 bits per heavy atom. The van der Waals surface area contributed by atoms with Crippen molar-refractivity contribution in [2.75, 3.05) is 12.4 Å². The van der Waals surface area contributed by atoms with Crippen LogP contribution in [-0.2, 0) is 0 Å². The predicted molar refractivity (Wildman–Crippen MR) is 66.9 cm³/mol. The van der Waals surface area contributed by atoms with Gasteiger partial charge in [0.05, 0.1) is 12.8 Å². The van der Waals surface area contributed by atoms with Gasteiger partial charge in [0.25, 0.3) is 5.22 Å². The molecule has 0 saturated carbocycles. The molecule has 0 aliphatic carbocycles. The summed E-state index contributed by atoms with van der Waals surface area (Å²) in [6, 6.07) is 7.77. The second-order valence-corrected chi connectivity index (χ2v) is 4.91. The van der Waals surface area contributed by atoms with Crippen LogP contribution in [0.5, 0.6) is 5.75 Å². The second kappa shape index (κ2) is 5.96. The molecule has 0 radical (unpaired) electrons. The van der Waals surface area contributed by atoms with Crippen LogP contribution in [0.2, 0.25) is 0 Å². The Kier molecular flexibility index (Phi) is 4.30. The molecule has 0 bridgehead atoms. The van der Waals surface area contributed by atoms with Crippen molar-refractivity contribution in [3.05, 3.63) is 41.2 Å². The number of oxazole rings is 1. The van der Waals surface area contributed by atoms with Crippen LogP contribution in [0, 0.1) is 0 Å². The van der Waals surface area contributed by atoms with Crippen molar-refractivity contribution in [3.63, 3.8) is 0 Å². The van der Waals surface area contributed by atoms with Crippen molar-refractivity contribution in [1.82, 2.24) is 4.98 Å². The summed E-state index contributed by atoms with van der Waals surface area (Å²) < 4.78 is 11.7. The Hall–Kier alpha value is -0.940. The highest BCUT2D eigenvalue weighted by Crippen LogP contribution is 2.18. The van der Waals surface area contributed by atoms with Crippen LogP contribution < -0.4 is 4.74 Å². The summed E-state index contributed by atoms with van der Waals surface area (Å²) >= 11 is 4.91. The molecule has 0 fully saturated rings. The monoisotopic (exact) mass is 299 g/mol. The smallest absolute Gasteiger partial charge is 0.255 e. The highest BCUT2D eigenvalue weighted by atomic mass is 79.9. The minimum atomic E-state index is 0.634. The van der Waals surface area contributed by atoms with Gasteiger partial charge in [0.15, 0.2) is 0 Å². The highest BCUT2D eigenvalue weighted by molar-refractivity contribution is 9.10. The van der Waals surface area contributed by atoms with Crippen molar-refractivity contribution in [2.45, 2.75) is 5.22 Å². The van der Waals surface area contributed by atoms with E-state index in [0.29, 0.717) is 11.8 Å². The van der Waals surface area contributed by atoms with Crippen LogP contribution in [0.15, 0.2) is 50.8 Å². The van der Waals surface area contributed by atoms with E-state index in [1.807, 2.05) is 24.3 Å². The van der Waals surface area contributed by atoms with Gasteiger partial charge in [0, 0.05) is 10.2 Å². The Bertz CT molecular complexity index is 416. The Labute approximate surface area is 106 Å². The molecule has 16 heavy (non-hydrogen) atoms. The van der Waals surface area contributed by atoms with Gasteiger partial charge in [0.1, 0.15) is 12.0 Å². The summed E-state index contributed by atoms with van der Waals surface area (Å²) in [4.78, 5) is 4.01. The van der Waals surface area contributed by atoms with Crippen LogP contribution in [-0.4, -0.2) is 17.3 Å². The van der Waals surface area contributed by atoms with Crippen LogP contribution >= 0.6 is 27.7 Å². The lowest BCUT2D eigenvalue weighted by Crippen LogP contribution is -1.99. The molecular weight excluding hydrogens is 290 g/mol. The van der Waals surface area contributed by atoms with E-state index in [9.17, 15) is 0 Å². The third-order valence-electron chi connectivity index (χ3n) is 1.80. The summed E-state index contributed by atoms with van der Waals surface area (Å²) in [6.45, 7) is 0.634. The molecule has 0 amide bonds. The van der Waals surface area contributed by atoms with Crippen molar-refractivity contribution in [2.24, 2.45) is 0 Å². The van der Waals surface area contributed by atoms with Crippen LogP contribution in [0.1, 0.15) is 0 Å². The zero-order valence-corrected chi connectivity index (χ0v) is 10.8. The number of thioether (sulfide) groups is 1. The molecule has 0 N–H and O–H groups in total. The average Bonchev–Trinajstić information content (AvgIpc) is 2.80. The summed E-state index contributed by atoms with van der Waals surface area (Å²) in [5, 5.41) is 0.680. The molecule has 1 aromatic carbocycles. The third kappa shape index (κ3) is 3.57. The van der Waals surface area contributed by atoms with Gasteiger partial charge >= 0.3 is 0 Å². The molecule has 0 aliphatic heterocycles. The molecule has 0 spiro atoms. The predicted octanol–water partition coefficient (Wildman–Crippen LogP) is 3.61. The van der Waals surface area contributed by atoms with E-state index < -0.39 is 0 Å². The van der Waals surface area contributed by atoms with Crippen molar-refractivity contribution in [1.29, 1.82) is 0 Å². The fourth-order valence-corrected chi connectivity index (χ4v) is 1.97. The van der Waals surface area contributed by atoms with Gasteiger partial charge in [-0.15, -0.1) is 0 Å². The van der Waals surface area contributed by atoms with E-state index in [2.05, 4.69) is 20.9 Å². The zero-order valence-electron chi connectivity index (χ0n) is 8.43. The van der Waals surface area contributed by atoms with Gasteiger partial charge in [-0.05, 0) is 24.3 Å². The lowest BCUT2D eigenvalue weighted by molar-refractivity contribution is 0.343. The van der Waals surface area contributed by atoms with Gasteiger partial charge in [-0.25, -0.2) is 4.98 Å². The van der Waals surface area contributed by atoms with E-state index in [4.69, 9.17) is 9.15 Å². The van der Waals surface area contributed by atoms with Crippen molar-refractivity contribution < 1.29 is 9.15 Å². The largest absolute Gasteiger partial charge is 0.493 e. The second-order valence-electron chi connectivity index (χ2n) is 2.95. The van der Waals surface area contributed by atoms with Crippen LogP contribution in [0.3, 0.4) is 0 Å². The number of halogens is 1. The van der Waals surface area contributed by atoms with Crippen LogP contribution in [0.25, 0.3) is 0 Å². The molecule has 3 nitrogen and oxygen atoms in total. The molecule has 0 atom stereocenters. The molecule has 1 heterocycles. The SMILES string of the molecule is Brc1ccc(OCCSc2ncco2)cc1. The first kappa shape index (κ1) is 11.5. The maximum Gasteiger partial charge on any atom is 0.255 e. The highest BCUT2D eigenvalue weighted by Gasteiger charge is 1.98. The summed E-state index contributed by atoms with van der Waals surface area (Å²) in [6.07, 6.45) is 3.20. The number of aromatic nitrogens is 1. The maximum absolute atomic E-state index is 5.55. The van der Waals surface area contributed by atoms with E-state index in [1.165, 1.54) is 11.8 Å². The zero-order chi connectivity index (χ0) is 11.2. The molecule has 0 saturated heterocycles. The van der Waals surface area contributed by atoms with Gasteiger partial charge in [0.2, 0.25) is 0 Å². The molecule has 1 aromatic heterocycles. The minimum Gasteiger partial charge on any atom is -0.493 e. The normalized spacial score (nSPS) is 10.3. The number of rotatable bonds is 5. The van der Waals surface area contributed by atoms with Crippen molar-refractivity contribution >= 4 is 27.7 Å². The summed E-state index contributed by atoms with van der Waals surface area (Å²) in [5.41, 5.74) is 0. The van der Waals surface area contributed by atoms with Gasteiger partial charge < -0.3 is 9.15 Å². The Balaban J connectivity index is 1.70. The molecule has 2 rings (SSSR count). The lowest BCUT2D eigenvalue weighted by Gasteiger charge is -2.04. The minimum absolute atomic E-state index is 0.634. The Morgan fingerprint density at radius 3 is 2.81 bits per heavy atom. The first-order valence-corrected chi connectivity index (χ1v) is 6.53. The quantitative estimate of drug-likeness (QED) is 0.624. The summed E-state index contributed by atoms with van der Waals surface area (Å²) in [7, 11) is 0. The fourth-order valence-electron chi connectivity index (χ4n) is 1.10. The molecular formula is C11H10BrNO2S. The average molecular weight is 300 g/mol. The lowest BCUT2D eigenvalue weighted by atomic mass is 10.3. The molecule has 5 heteroatoms. The van der Waals surface area contributed by atoms with E-state index in [0.717, 1.165) is 16.0 Å². The van der Waals surface area contributed by atoms with Gasteiger partial charge in [-0.3, -0.25) is 0 Å². The molecule has 0 aliphatic rings. The van der Waals surface area contributed by atoms with Crippen LogP contribution in [0.4, 0.5) is 0 Å². The van der Waals surface area contributed by atoms with E-state index in [1.54, 1.807) is 12.5 Å². The topological polar surface area (TPSA) is 35.3 Å². The molecule has 0 unspecified atom stereocenters. The number of hydrogen-bond acceptors (Lipinski definition) is 4. The van der Waals surface area contributed by atoms with E-state index >= 15 is 0 Å². The molecule has 84 valence electrons.